The second-order valence-corrected chi connectivity index (χ2v) is 8.05. The molecule has 2 aromatic carbocycles. The minimum Gasteiger partial charge on any atom is -0.764 e. The van der Waals surface area contributed by atoms with Gasteiger partial charge in [0.25, 0.3) is 4.92 Å². The highest BCUT2D eigenvalue weighted by atomic mass is 32.3. The van der Waals surface area contributed by atoms with Gasteiger partial charge in [0.2, 0.25) is 0 Å². The second-order valence-electron chi connectivity index (χ2n) is 4.72. The SMILES string of the molecule is O=[N+](O)c1ccc2c(c1)C(Sc1ccccc1)CS2([O-])O. The molecule has 0 amide bonds. The lowest BCUT2D eigenvalue weighted by atomic mass is 10.1. The number of rotatable bonds is 3. The van der Waals surface area contributed by atoms with Gasteiger partial charge in [-0.15, -0.1) is 11.8 Å². The molecule has 0 aromatic heterocycles. The van der Waals surface area contributed by atoms with Crippen molar-refractivity contribution in [1.82, 2.24) is 0 Å². The fraction of sp³-hybridized carbons (Fsp3) is 0.143. The zero-order valence-electron chi connectivity index (χ0n) is 10.9. The van der Waals surface area contributed by atoms with Gasteiger partial charge in [0, 0.05) is 27.7 Å². The summed E-state index contributed by atoms with van der Waals surface area (Å²) in [5, 5.41) is 8.78. The summed E-state index contributed by atoms with van der Waals surface area (Å²) < 4.78 is 22.4. The highest BCUT2D eigenvalue weighted by Crippen LogP contribution is 2.63. The van der Waals surface area contributed by atoms with Gasteiger partial charge >= 0.3 is 5.69 Å². The van der Waals surface area contributed by atoms with E-state index < -0.39 is 10.6 Å². The van der Waals surface area contributed by atoms with Crippen molar-refractivity contribution in [2.24, 2.45) is 0 Å². The molecule has 5 nitrogen and oxygen atoms in total. The Morgan fingerprint density at radius 2 is 1.95 bits per heavy atom. The lowest BCUT2D eigenvalue weighted by Crippen LogP contribution is -1.99. The molecule has 0 spiro atoms. The first kappa shape index (κ1) is 14.4. The van der Waals surface area contributed by atoms with Crippen LogP contribution in [0.4, 0.5) is 5.69 Å². The zero-order valence-corrected chi connectivity index (χ0v) is 12.5. The fourth-order valence-electron chi connectivity index (χ4n) is 2.34. The Morgan fingerprint density at radius 1 is 1.24 bits per heavy atom. The third-order valence-corrected chi connectivity index (χ3v) is 6.61. The highest BCUT2D eigenvalue weighted by molar-refractivity contribution is 8.25. The van der Waals surface area contributed by atoms with Crippen LogP contribution in [-0.2, 0) is 0 Å². The largest absolute Gasteiger partial charge is 0.764 e. The number of fused-ring (bicyclic) bond motifs is 1. The van der Waals surface area contributed by atoms with Gasteiger partial charge in [0.05, 0.1) is 10.2 Å². The molecule has 2 aromatic rings. The molecule has 2 atom stereocenters. The fourth-order valence-corrected chi connectivity index (χ4v) is 5.83. The molecular formula is C14H13NO4S2. The van der Waals surface area contributed by atoms with Crippen LogP contribution in [0.25, 0.3) is 0 Å². The summed E-state index contributed by atoms with van der Waals surface area (Å²) in [5.41, 5.74) is 0.688. The average Bonchev–Trinajstić information content (AvgIpc) is 2.71. The van der Waals surface area contributed by atoms with Crippen molar-refractivity contribution in [3.05, 3.63) is 59.0 Å². The highest BCUT2D eigenvalue weighted by Gasteiger charge is 2.32. The lowest BCUT2D eigenvalue weighted by Gasteiger charge is -2.42. The van der Waals surface area contributed by atoms with Gasteiger partial charge in [0.15, 0.2) is 0 Å². The molecule has 0 saturated heterocycles. The number of hydrogen-bond acceptors (Lipinski definition) is 4. The van der Waals surface area contributed by atoms with E-state index in [0.717, 1.165) is 4.90 Å². The smallest absolute Gasteiger partial charge is 0.317 e. The molecule has 1 heterocycles. The lowest BCUT2D eigenvalue weighted by molar-refractivity contribution is -0.729. The van der Waals surface area contributed by atoms with Crippen molar-refractivity contribution < 1.29 is 19.2 Å². The van der Waals surface area contributed by atoms with Gasteiger partial charge in [0.1, 0.15) is 0 Å². The van der Waals surface area contributed by atoms with Crippen molar-refractivity contribution in [1.29, 1.82) is 0 Å². The van der Waals surface area contributed by atoms with Gasteiger partial charge in [-0.3, -0.25) is 0 Å². The number of hydrogen-bond donors (Lipinski definition) is 2. The Kier molecular flexibility index (Phi) is 3.66. The van der Waals surface area contributed by atoms with Gasteiger partial charge in [-0.05, 0) is 23.8 Å². The van der Waals surface area contributed by atoms with Gasteiger partial charge in [-0.25, -0.2) is 5.21 Å². The molecule has 3 rings (SSSR count). The topological polar surface area (TPSA) is 83.6 Å². The third-order valence-electron chi connectivity index (χ3n) is 3.30. The van der Waals surface area contributed by atoms with Crippen LogP contribution in [0, 0.1) is 4.91 Å². The molecule has 0 aliphatic carbocycles. The van der Waals surface area contributed by atoms with Crippen molar-refractivity contribution >= 4 is 28.0 Å². The first-order valence-electron chi connectivity index (χ1n) is 6.23. The molecule has 1 aliphatic heterocycles. The summed E-state index contributed by atoms with van der Waals surface area (Å²) in [6.45, 7) is 0. The predicted octanol–water partition coefficient (Wildman–Crippen LogP) is 4.10. The summed E-state index contributed by atoms with van der Waals surface area (Å²) in [6, 6.07) is 13.8. The molecule has 1 aliphatic rings. The van der Waals surface area contributed by atoms with Crippen molar-refractivity contribution in [3.63, 3.8) is 0 Å². The summed E-state index contributed by atoms with van der Waals surface area (Å²) in [6.07, 6.45) is 0. The predicted molar refractivity (Wildman–Crippen MR) is 80.7 cm³/mol. The van der Waals surface area contributed by atoms with Crippen LogP contribution in [0.3, 0.4) is 0 Å². The Hall–Kier alpha value is -1.54. The quantitative estimate of drug-likeness (QED) is 0.831. The molecular weight excluding hydrogens is 310 g/mol. The zero-order chi connectivity index (χ0) is 15.0. The van der Waals surface area contributed by atoms with Crippen LogP contribution in [0.15, 0.2) is 58.3 Å². The van der Waals surface area contributed by atoms with E-state index in [9.17, 15) is 14.0 Å². The van der Waals surface area contributed by atoms with Gasteiger partial charge in [-0.2, -0.15) is 0 Å². The standard InChI is InChI=1S/C14H13NO4S2/c16-15(17)10-6-7-14-12(8-10)13(9-21(14,18)19)20-11-4-2-1-3-5-11/h1-8,13H,9H2,(H2-,16,17,18,19). The third kappa shape index (κ3) is 2.77. The van der Waals surface area contributed by atoms with E-state index in [-0.39, 0.29) is 21.6 Å². The van der Waals surface area contributed by atoms with Crippen LogP contribution in [0.1, 0.15) is 10.8 Å². The van der Waals surface area contributed by atoms with E-state index >= 15 is 0 Å². The van der Waals surface area contributed by atoms with Gasteiger partial charge in [-0.1, -0.05) is 18.2 Å². The van der Waals surface area contributed by atoms with Crippen LogP contribution >= 0.6 is 22.4 Å². The van der Waals surface area contributed by atoms with Crippen molar-refractivity contribution in [2.45, 2.75) is 15.0 Å². The van der Waals surface area contributed by atoms with E-state index in [2.05, 4.69) is 0 Å². The maximum absolute atomic E-state index is 12.3. The first-order valence-corrected chi connectivity index (χ1v) is 8.80. The van der Waals surface area contributed by atoms with Crippen LogP contribution in [0.2, 0.25) is 0 Å². The van der Waals surface area contributed by atoms with Crippen LogP contribution in [-0.4, -0.2) is 25.0 Å². The molecule has 110 valence electrons. The maximum atomic E-state index is 12.3. The van der Waals surface area contributed by atoms with Crippen LogP contribution in [0.5, 0.6) is 0 Å². The summed E-state index contributed by atoms with van der Waals surface area (Å²) in [4.78, 5) is 12.1. The monoisotopic (exact) mass is 323 g/mol. The second kappa shape index (κ2) is 5.34. The van der Waals surface area contributed by atoms with E-state index in [1.807, 2.05) is 30.3 Å². The molecule has 0 fully saturated rings. The minimum absolute atomic E-state index is 0.0597. The minimum atomic E-state index is -3.09. The van der Waals surface area contributed by atoms with Crippen molar-refractivity contribution in [3.8, 4) is 0 Å². The number of benzene rings is 2. The van der Waals surface area contributed by atoms with Crippen molar-refractivity contribution in [2.75, 3.05) is 5.75 Å². The van der Waals surface area contributed by atoms with E-state index in [0.29, 0.717) is 10.5 Å². The molecule has 0 saturated carbocycles. The molecule has 7 heteroatoms. The van der Waals surface area contributed by atoms with E-state index in [1.54, 1.807) is 0 Å². The van der Waals surface area contributed by atoms with Gasteiger partial charge < -0.3 is 19.7 Å². The molecule has 21 heavy (non-hydrogen) atoms. The molecule has 0 bridgehead atoms. The maximum Gasteiger partial charge on any atom is 0.317 e. The summed E-state index contributed by atoms with van der Waals surface area (Å²) in [5.74, 6) is 0.107. The summed E-state index contributed by atoms with van der Waals surface area (Å²) >= 11 is 1.48. The van der Waals surface area contributed by atoms with E-state index in [4.69, 9.17) is 5.21 Å². The Bertz CT molecular complexity index is 691. The first-order chi connectivity index (χ1) is 9.97. The number of thioether (sulfide) groups is 1. The normalized spacial score (nSPS) is 26.9. The Morgan fingerprint density at radius 3 is 2.62 bits per heavy atom. The number of nitrogens with zero attached hydrogens (tertiary/aromatic N) is 1. The summed E-state index contributed by atoms with van der Waals surface area (Å²) in [7, 11) is -3.09. The molecule has 2 N–H and O–H groups in total. The molecule has 0 radical (unpaired) electrons. The van der Waals surface area contributed by atoms with E-state index in [1.165, 1.54) is 30.0 Å². The van der Waals surface area contributed by atoms with Crippen LogP contribution < -0.4 is 0 Å². The molecule has 2 unspecified atom stereocenters. The Labute approximate surface area is 127 Å². The Balaban J connectivity index is 1.99. The average molecular weight is 323 g/mol.